The van der Waals surface area contributed by atoms with E-state index in [2.05, 4.69) is 0 Å². The Hall–Kier alpha value is -1.75. The van der Waals surface area contributed by atoms with Gasteiger partial charge in [-0.25, -0.2) is 4.79 Å². The Balaban J connectivity index is 2.36. The molecule has 0 fully saturated rings. The first-order chi connectivity index (χ1) is 7.68. The third-order valence-corrected chi connectivity index (χ3v) is 3.01. The largest absolute Gasteiger partial charge is 0.351 e. The smallest absolute Gasteiger partial charge is 0.323 e. The number of nitrogens with zero attached hydrogens (tertiary/aromatic N) is 1. The molecular weight excluding hydrogens is 224 g/mol. The fourth-order valence-corrected chi connectivity index (χ4v) is 2.23. The predicted octanol–water partition coefficient (Wildman–Crippen LogP) is 1.73. The van der Waals surface area contributed by atoms with Crippen LogP contribution in [0, 0.1) is 0 Å². The van der Waals surface area contributed by atoms with Crippen LogP contribution < -0.4 is 10.6 Å². The zero-order chi connectivity index (χ0) is 11.5. The van der Waals surface area contributed by atoms with E-state index < -0.39 is 6.03 Å². The lowest BCUT2D eigenvalue weighted by Gasteiger charge is -2.20. The van der Waals surface area contributed by atoms with Crippen molar-refractivity contribution in [2.24, 2.45) is 5.73 Å². The fourth-order valence-electron chi connectivity index (χ4n) is 1.51. The van der Waals surface area contributed by atoms with Crippen molar-refractivity contribution in [3.8, 4) is 0 Å². The maximum absolute atomic E-state index is 11.4. The highest BCUT2D eigenvalue weighted by Gasteiger charge is 2.23. The van der Waals surface area contributed by atoms with E-state index in [1.54, 1.807) is 12.1 Å². The van der Waals surface area contributed by atoms with Gasteiger partial charge in [0.2, 0.25) is 5.12 Å². The third kappa shape index (κ3) is 2.09. The molecule has 0 atom stereocenters. The van der Waals surface area contributed by atoms with Crippen LogP contribution in [0.15, 0.2) is 42.1 Å². The summed E-state index contributed by atoms with van der Waals surface area (Å²) in [5.74, 6) is 0.483. The second-order valence-corrected chi connectivity index (χ2v) is 4.23. The van der Waals surface area contributed by atoms with Crippen molar-refractivity contribution in [1.29, 1.82) is 0 Å². The van der Waals surface area contributed by atoms with Crippen molar-refractivity contribution < 1.29 is 9.59 Å². The van der Waals surface area contributed by atoms with Gasteiger partial charge >= 0.3 is 6.03 Å². The molecule has 0 bridgehead atoms. The van der Waals surface area contributed by atoms with Crippen LogP contribution in [0.1, 0.15) is 0 Å². The van der Waals surface area contributed by atoms with Gasteiger partial charge in [-0.1, -0.05) is 30.0 Å². The molecule has 1 aromatic rings. The van der Waals surface area contributed by atoms with E-state index >= 15 is 0 Å². The van der Waals surface area contributed by atoms with Gasteiger partial charge in [0, 0.05) is 17.5 Å². The van der Waals surface area contributed by atoms with Crippen molar-refractivity contribution in [1.82, 2.24) is 0 Å². The maximum Gasteiger partial charge on any atom is 0.323 e. The Morgan fingerprint density at radius 3 is 2.50 bits per heavy atom. The molecule has 1 aliphatic heterocycles. The molecule has 0 saturated carbocycles. The van der Waals surface area contributed by atoms with Gasteiger partial charge in [-0.2, -0.15) is 0 Å². The summed E-state index contributed by atoms with van der Waals surface area (Å²) < 4.78 is 0. The summed E-state index contributed by atoms with van der Waals surface area (Å²) in [6, 6.07) is 8.46. The molecular formula is C11H10N2O2S. The van der Waals surface area contributed by atoms with Crippen molar-refractivity contribution in [2.75, 3.05) is 10.7 Å². The van der Waals surface area contributed by atoms with Gasteiger partial charge in [-0.15, -0.1) is 0 Å². The molecule has 5 heteroatoms. The predicted molar refractivity (Wildman–Crippen MR) is 64.1 cm³/mol. The Labute approximate surface area is 97.1 Å². The number of benzene rings is 1. The molecule has 2 rings (SSSR count). The quantitative estimate of drug-likeness (QED) is 0.847. The van der Waals surface area contributed by atoms with Crippen LogP contribution in [-0.4, -0.2) is 16.9 Å². The number of carbonyl (C=O) groups is 2. The molecule has 1 aromatic carbocycles. The highest BCUT2D eigenvalue weighted by Crippen LogP contribution is 2.26. The number of nitrogens with two attached hydrogens (primary N) is 1. The summed E-state index contributed by atoms with van der Waals surface area (Å²) in [6.07, 6.45) is 1.45. The molecule has 0 aliphatic carbocycles. The lowest BCUT2D eigenvalue weighted by Crippen LogP contribution is -2.35. The SMILES string of the molecule is NC(=O)N(C1=CC(=O)SC1)c1ccccc1. The van der Waals surface area contributed by atoms with Crippen molar-refractivity contribution in [3.05, 3.63) is 42.1 Å². The molecule has 1 heterocycles. The normalized spacial score (nSPS) is 14.8. The molecule has 0 saturated heterocycles. The summed E-state index contributed by atoms with van der Waals surface area (Å²) in [6.45, 7) is 0. The third-order valence-electron chi connectivity index (χ3n) is 2.17. The van der Waals surface area contributed by atoms with Gasteiger partial charge < -0.3 is 5.73 Å². The topological polar surface area (TPSA) is 63.4 Å². The molecule has 0 radical (unpaired) electrons. The van der Waals surface area contributed by atoms with Crippen LogP contribution in [0.3, 0.4) is 0 Å². The Kier molecular flexibility index (Phi) is 2.96. The average Bonchev–Trinajstić information content (AvgIpc) is 2.66. The van der Waals surface area contributed by atoms with Crippen LogP contribution in [0.5, 0.6) is 0 Å². The van der Waals surface area contributed by atoms with Crippen molar-refractivity contribution in [3.63, 3.8) is 0 Å². The summed E-state index contributed by atoms with van der Waals surface area (Å²) in [7, 11) is 0. The first-order valence-electron chi connectivity index (χ1n) is 4.70. The van der Waals surface area contributed by atoms with E-state index in [0.29, 0.717) is 17.1 Å². The number of hydrogen-bond donors (Lipinski definition) is 1. The van der Waals surface area contributed by atoms with Gasteiger partial charge in [-0.05, 0) is 12.1 Å². The lowest BCUT2D eigenvalue weighted by atomic mass is 10.2. The molecule has 0 unspecified atom stereocenters. The first-order valence-corrected chi connectivity index (χ1v) is 5.69. The number of carbonyl (C=O) groups excluding carboxylic acids is 2. The minimum Gasteiger partial charge on any atom is -0.351 e. The molecule has 4 nitrogen and oxygen atoms in total. The van der Waals surface area contributed by atoms with Crippen LogP contribution >= 0.6 is 11.8 Å². The molecule has 16 heavy (non-hydrogen) atoms. The number of amides is 2. The first kappa shape index (κ1) is 10.8. The highest BCUT2D eigenvalue weighted by atomic mass is 32.2. The average molecular weight is 234 g/mol. The van der Waals surface area contributed by atoms with Gasteiger partial charge in [0.25, 0.3) is 0 Å². The van der Waals surface area contributed by atoms with Crippen LogP contribution in [0.2, 0.25) is 0 Å². The summed E-state index contributed by atoms with van der Waals surface area (Å²) in [4.78, 5) is 23.9. The van der Waals surface area contributed by atoms with Gasteiger partial charge in [0.15, 0.2) is 0 Å². The Bertz CT molecular complexity index is 456. The van der Waals surface area contributed by atoms with Gasteiger partial charge in [0.1, 0.15) is 0 Å². The summed E-state index contributed by atoms with van der Waals surface area (Å²) >= 11 is 1.16. The molecule has 2 N–H and O–H groups in total. The number of para-hydroxylation sites is 1. The fraction of sp³-hybridized carbons (Fsp3) is 0.0909. The summed E-state index contributed by atoms with van der Waals surface area (Å²) in [5, 5.41) is -0.0443. The van der Waals surface area contributed by atoms with Crippen LogP contribution in [0.4, 0.5) is 10.5 Å². The number of thioether (sulfide) groups is 1. The van der Waals surface area contributed by atoms with E-state index in [0.717, 1.165) is 11.8 Å². The van der Waals surface area contributed by atoms with Gasteiger partial charge in [0.05, 0.1) is 5.69 Å². The minimum absolute atomic E-state index is 0.0443. The van der Waals surface area contributed by atoms with Crippen molar-refractivity contribution in [2.45, 2.75) is 0 Å². The molecule has 82 valence electrons. The number of urea groups is 1. The molecule has 0 spiro atoms. The van der Waals surface area contributed by atoms with Gasteiger partial charge in [-0.3, -0.25) is 9.69 Å². The highest BCUT2D eigenvalue weighted by molar-refractivity contribution is 8.14. The zero-order valence-electron chi connectivity index (χ0n) is 8.42. The van der Waals surface area contributed by atoms with E-state index in [1.165, 1.54) is 11.0 Å². The number of primary amides is 1. The standard InChI is InChI=1S/C11H10N2O2S/c12-11(15)13(8-4-2-1-3-5-8)9-6-10(14)16-7-9/h1-6H,7H2,(H2,12,15). The minimum atomic E-state index is -0.576. The molecule has 2 amide bonds. The Morgan fingerprint density at radius 2 is 2.00 bits per heavy atom. The van der Waals surface area contributed by atoms with E-state index in [4.69, 9.17) is 5.73 Å². The maximum atomic E-state index is 11.4. The molecule has 1 aliphatic rings. The van der Waals surface area contributed by atoms with Crippen LogP contribution in [0.25, 0.3) is 0 Å². The molecule has 0 aromatic heterocycles. The monoisotopic (exact) mass is 234 g/mol. The summed E-state index contributed by atoms with van der Waals surface area (Å²) in [5.41, 5.74) is 6.63. The van der Waals surface area contributed by atoms with Crippen molar-refractivity contribution >= 4 is 28.6 Å². The van der Waals surface area contributed by atoms with E-state index in [9.17, 15) is 9.59 Å². The zero-order valence-corrected chi connectivity index (χ0v) is 9.24. The van der Waals surface area contributed by atoms with Crippen LogP contribution in [-0.2, 0) is 4.79 Å². The Morgan fingerprint density at radius 1 is 1.31 bits per heavy atom. The number of anilines is 1. The second kappa shape index (κ2) is 4.40. The van der Waals surface area contributed by atoms with E-state index in [1.807, 2.05) is 18.2 Å². The number of rotatable bonds is 2. The van der Waals surface area contributed by atoms with E-state index in [-0.39, 0.29) is 5.12 Å². The lowest BCUT2D eigenvalue weighted by molar-refractivity contribution is -0.106. The second-order valence-electron chi connectivity index (χ2n) is 3.25. The number of hydrogen-bond acceptors (Lipinski definition) is 3.